The summed E-state index contributed by atoms with van der Waals surface area (Å²) in [4.78, 5) is 0. The Kier molecular flexibility index (Phi) is 3.87. The van der Waals surface area contributed by atoms with E-state index in [1.54, 1.807) is 13.1 Å². The first-order valence-corrected chi connectivity index (χ1v) is 6.42. The number of alkyl halides is 3. The molecule has 2 N–H and O–H groups in total. The van der Waals surface area contributed by atoms with Crippen molar-refractivity contribution in [1.29, 1.82) is 0 Å². The first-order valence-electron chi connectivity index (χ1n) is 6.42. The lowest BCUT2D eigenvalue weighted by atomic mass is 9.85. The van der Waals surface area contributed by atoms with Crippen LogP contribution >= 0.6 is 0 Å². The Morgan fingerprint density at radius 1 is 1.26 bits per heavy atom. The number of hydrogen-bond acceptors (Lipinski definition) is 2. The van der Waals surface area contributed by atoms with Crippen molar-refractivity contribution in [2.75, 3.05) is 13.6 Å². The molecule has 2 rings (SSSR count). The Morgan fingerprint density at radius 2 is 1.89 bits per heavy atom. The van der Waals surface area contributed by atoms with Crippen molar-refractivity contribution < 1.29 is 18.3 Å². The fraction of sp³-hybridized carbons (Fsp3) is 0.571. The van der Waals surface area contributed by atoms with Crippen LogP contribution in [0.2, 0.25) is 0 Å². The van der Waals surface area contributed by atoms with Crippen LogP contribution in [0.3, 0.4) is 0 Å². The Hall–Kier alpha value is -1.07. The summed E-state index contributed by atoms with van der Waals surface area (Å²) in [6, 6.07) is 5.07. The highest BCUT2D eigenvalue weighted by Crippen LogP contribution is 2.48. The van der Waals surface area contributed by atoms with Crippen LogP contribution in [0.4, 0.5) is 13.2 Å². The molecule has 1 aromatic rings. The second-order valence-electron chi connectivity index (χ2n) is 5.13. The van der Waals surface area contributed by atoms with Crippen molar-refractivity contribution >= 4 is 0 Å². The van der Waals surface area contributed by atoms with Gasteiger partial charge in [-0.2, -0.15) is 13.2 Å². The molecule has 0 amide bonds. The van der Waals surface area contributed by atoms with Gasteiger partial charge in [-0.05, 0) is 56.5 Å². The number of nitrogens with one attached hydrogen (secondary N) is 1. The van der Waals surface area contributed by atoms with E-state index in [1.807, 2.05) is 0 Å². The quantitative estimate of drug-likeness (QED) is 0.864. The van der Waals surface area contributed by atoms with Crippen LogP contribution < -0.4 is 5.32 Å². The standard InChI is InChI=1S/C14H18F3NO/c1-18-8-7-13(19,10-5-6-10)11-3-2-4-12(9-11)14(15,16)17/h2-4,9-10,18-19H,5-8H2,1H3. The van der Waals surface area contributed by atoms with Crippen molar-refractivity contribution in [3.63, 3.8) is 0 Å². The fourth-order valence-corrected chi connectivity index (χ4v) is 2.43. The predicted molar refractivity (Wildman–Crippen MR) is 66.6 cm³/mol. The molecule has 1 fully saturated rings. The molecule has 0 radical (unpaired) electrons. The molecule has 1 atom stereocenters. The average molecular weight is 273 g/mol. The van der Waals surface area contributed by atoms with E-state index in [0.29, 0.717) is 18.5 Å². The SMILES string of the molecule is CNCCC(O)(c1cccc(C(F)(F)F)c1)C1CC1. The van der Waals surface area contributed by atoms with Crippen molar-refractivity contribution in [3.8, 4) is 0 Å². The van der Waals surface area contributed by atoms with Gasteiger partial charge in [-0.1, -0.05) is 12.1 Å². The first-order chi connectivity index (χ1) is 8.88. The minimum absolute atomic E-state index is 0.0735. The summed E-state index contributed by atoms with van der Waals surface area (Å²) in [6.45, 7) is 0.573. The highest BCUT2D eigenvalue weighted by molar-refractivity contribution is 5.31. The van der Waals surface area contributed by atoms with Gasteiger partial charge in [-0.15, -0.1) is 0 Å². The van der Waals surface area contributed by atoms with Gasteiger partial charge in [0.2, 0.25) is 0 Å². The number of benzene rings is 1. The summed E-state index contributed by atoms with van der Waals surface area (Å²) in [7, 11) is 1.76. The number of aliphatic hydroxyl groups is 1. The van der Waals surface area contributed by atoms with Gasteiger partial charge in [0.25, 0.3) is 0 Å². The highest BCUT2D eigenvalue weighted by atomic mass is 19.4. The molecular formula is C14H18F3NO. The lowest BCUT2D eigenvalue weighted by Gasteiger charge is -2.29. The van der Waals surface area contributed by atoms with E-state index in [0.717, 1.165) is 25.0 Å². The van der Waals surface area contributed by atoms with Gasteiger partial charge in [0.05, 0.1) is 11.2 Å². The topological polar surface area (TPSA) is 32.3 Å². The monoisotopic (exact) mass is 273 g/mol. The minimum atomic E-state index is -4.37. The first kappa shape index (κ1) is 14.3. The third-order valence-corrected chi connectivity index (χ3v) is 3.70. The van der Waals surface area contributed by atoms with Crippen LogP contribution in [0.1, 0.15) is 30.4 Å². The lowest BCUT2D eigenvalue weighted by molar-refractivity contribution is -0.137. The summed E-state index contributed by atoms with van der Waals surface area (Å²) < 4.78 is 38.2. The molecule has 106 valence electrons. The second kappa shape index (κ2) is 5.13. The Balaban J connectivity index is 2.31. The van der Waals surface area contributed by atoms with Gasteiger partial charge >= 0.3 is 6.18 Å². The molecule has 19 heavy (non-hydrogen) atoms. The van der Waals surface area contributed by atoms with E-state index in [4.69, 9.17) is 0 Å². The van der Waals surface area contributed by atoms with Crippen molar-refractivity contribution in [1.82, 2.24) is 5.32 Å². The summed E-state index contributed by atoms with van der Waals surface area (Å²) in [5, 5.41) is 13.7. The zero-order valence-electron chi connectivity index (χ0n) is 10.8. The minimum Gasteiger partial charge on any atom is -0.385 e. The summed E-state index contributed by atoms with van der Waals surface area (Å²) >= 11 is 0. The molecule has 0 bridgehead atoms. The molecule has 0 spiro atoms. The van der Waals surface area contributed by atoms with Crippen LogP contribution in [0, 0.1) is 5.92 Å². The highest BCUT2D eigenvalue weighted by Gasteiger charge is 2.45. The molecule has 1 unspecified atom stereocenters. The van der Waals surface area contributed by atoms with Gasteiger partial charge in [-0.25, -0.2) is 0 Å². The third kappa shape index (κ3) is 3.09. The zero-order valence-corrected chi connectivity index (χ0v) is 10.8. The van der Waals surface area contributed by atoms with Gasteiger partial charge in [0.1, 0.15) is 0 Å². The van der Waals surface area contributed by atoms with E-state index >= 15 is 0 Å². The second-order valence-corrected chi connectivity index (χ2v) is 5.13. The van der Waals surface area contributed by atoms with Crippen molar-refractivity contribution in [2.24, 2.45) is 5.92 Å². The molecule has 0 heterocycles. The molecule has 0 aliphatic heterocycles. The Labute approximate surface area is 110 Å². The zero-order chi connectivity index (χ0) is 14.1. The fourth-order valence-electron chi connectivity index (χ4n) is 2.43. The van der Waals surface area contributed by atoms with Crippen LogP contribution in [0.15, 0.2) is 24.3 Å². The van der Waals surface area contributed by atoms with Gasteiger partial charge in [0.15, 0.2) is 0 Å². The molecule has 1 aliphatic rings. The Morgan fingerprint density at radius 3 is 2.42 bits per heavy atom. The van der Waals surface area contributed by atoms with E-state index < -0.39 is 17.3 Å². The molecular weight excluding hydrogens is 255 g/mol. The summed E-state index contributed by atoms with van der Waals surface area (Å²) in [5.74, 6) is 0.0735. The van der Waals surface area contributed by atoms with E-state index in [9.17, 15) is 18.3 Å². The molecule has 1 aromatic carbocycles. The molecule has 1 saturated carbocycles. The number of rotatable bonds is 5. The van der Waals surface area contributed by atoms with Crippen LogP contribution in [0.25, 0.3) is 0 Å². The largest absolute Gasteiger partial charge is 0.416 e. The molecule has 1 aliphatic carbocycles. The van der Waals surface area contributed by atoms with E-state index in [1.165, 1.54) is 6.07 Å². The lowest BCUT2D eigenvalue weighted by Crippen LogP contribution is -2.32. The molecule has 0 aromatic heterocycles. The smallest absolute Gasteiger partial charge is 0.385 e. The average Bonchev–Trinajstić information content (AvgIpc) is 3.19. The van der Waals surface area contributed by atoms with Gasteiger partial charge in [0, 0.05) is 0 Å². The van der Waals surface area contributed by atoms with Gasteiger partial charge < -0.3 is 10.4 Å². The Bertz CT molecular complexity index is 443. The van der Waals surface area contributed by atoms with Crippen LogP contribution in [-0.4, -0.2) is 18.7 Å². The number of hydrogen-bond donors (Lipinski definition) is 2. The maximum atomic E-state index is 12.7. The van der Waals surface area contributed by atoms with Crippen molar-refractivity contribution in [3.05, 3.63) is 35.4 Å². The molecule has 5 heteroatoms. The van der Waals surface area contributed by atoms with E-state index in [2.05, 4.69) is 5.32 Å². The normalized spacial score (nSPS) is 19.2. The van der Waals surface area contributed by atoms with Gasteiger partial charge in [-0.3, -0.25) is 0 Å². The van der Waals surface area contributed by atoms with Crippen LogP contribution in [0.5, 0.6) is 0 Å². The summed E-state index contributed by atoms with van der Waals surface area (Å²) in [6.07, 6.45) is -2.20. The maximum Gasteiger partial charge on any atom is 0.416 e. The predicted octanol–water partition coefficient (Wildman–Crippen LogP) is 2.91. The van der Waals surface area contributed by atoms with Crippen molar-refractivity contribution in [2.45, 2.75) is 31.0 Å². The third-order valence-electron chi connectivity index (χ3n) is 3.70. The molecule has 2 nitrogen and oxygen atoms in total. The molecule has 0 saturated heterocycles. The maximum absolute atomic E-state index is 12.7. The van der Waals surface area contributed by atoms with E-state index in [-0.39, 0.29) is 5.92 Å². The van der Waals surface area contributed by atoms with Crippen LogP contribution in [-0.2, 0) is 11.8 Å². The summed E-state index contributed by atoms with van der Waals surface area (Å²) in [5.41, 5.74) is -1.47. The number of halogens is 3.